The van der Waals surface area contributed by atoms with Gasteiger partial charge in [0.1, 0.15) is 0 Å². The zero-order chi connectivity index (χ0) is 11.7. The molecule has 2 N–H and O–H groups in total. The van der Waals surface area contributed by atoms with Gasteiger partial charge in [0.2, 0.25) is 0 Å². The summed E-state index contributed by atoms with van der Waals surface area (Å²) in [6.45, 7) is 6.26. The highest BCUT2D eigenvalue weighted by Crippen LogP contribution is 2.40. The topological polar surface area (TPSA) is 57.0 Å². The van der Waals surface area contributed by atoms with Crippen LogP contribution in [0.2, 0.25) is 0 Å². The molecule has 2 bridgehead atoms. The molecule has 0 aromatic heterocycles. The van der Waals surface area contributed by atoms with E-state index in [2.05, 4.69) is 4.90 Å². The Labute approximate surface area is 102 Å². The van der Waals surface area contributed by atoms with Crippen molar-refractivity contribution in [3.05, 3.63) is 0 Å². The number of nitrogens with zero attached hydrogens (tertiary/aromatic N) is 1. The molecule has 4 heterocycles. The molecule has 4 aliphatic rings. The smallest absolute Gasteiger partial charge is 0.286 e. The maximum atomic E-state index is 5.81. The molecule has 5 nitrogen and oxygen atoms in total. The number of piperidine rings is 1. The summed E-state index contributed by atoms with van der Waals surface area (Å²) in [6, 6.07) is 0. The molecule has 5 heteroatoms. The van der Waals surface area contributed by atoms with Crippen LogP contribution in [0.4, 0.5) is 0 Å². The standard InChI is InChI=1S/C12H22N2O3/c13-3-6-14-4-1-11(2-5-14)12-15-7-10(8-16-12)9-17-12/h10-11H,1-9,13H2. The highest BCUT2D eigenvalue weighted by molar-refractivity contribution is 4.85. The van der Waals surface area contributed by atoms with Crippen molar-refractivity contribution >= 4 is 0 Å². The quantitative estimate of drug-likeness (QED) is 0.755. The van der Waals surface area contributed by atoms with Gasteiger partial charge in [-0.15, -0.1) is 0 Å². The lowest BCUT2D eigenvalue weighted by Gasteiger charge is -2.50. The number of hydrogen-bond donors (Lipinski definition) is 1. The van der Waals surface area contributed by atoms with Gasteiger partial charge in [0.15, 0.2) is 0 Å². The first-order valence-electron chi connectivity index (χ1n) is 6.67. The van der Waals surface area contributed by atoms with Crippen LogP contribution in [0, 0.1) is 11.8 Å². The molecule has 4 aliphatic heterocycles. The van der Waals surface area contributed by atoms with Gasteiger partial charge in [-0.05, 0) is 25.9 Å². The summed E-state index contributed by atoms with van der Waals surface area (Å²) < 4.78 is 17.4. The third-order valence-corrected chi connectivity index (χ3v) is 4.09. The van der Waals surface area contributed by atoms with E-state index in [0.717, 1.165) is 58.8 Å². The van der Waals surface area contributed by atoms with Gasteiger partial charge in [-0.25, -0.2) is 0 Å². The summed E-state index contributed by atoms with van der Waals surface area (Å²) in [6.07, 6.45) is 2.15. The Hall–Kier alpha value is -0.200. The summed E-state index contributed by atoms with van der Waals surface area (Å²) in [5.74, 6) is 0.0933. The van der Waals surface area contributed by atoms with Crippen LogP contribution in [0.5, 0.6) is 0 Å². The van der Waals surface area contributed by atoms with E-state index in [1.165, 1.54) is 0 Å². The molecule has 17 heavy (non-hydrogen) atoms. The monoisotopic (exact) mass is 242 g/mol. The van der Waals surface area contributed by atoms with Crippen molar-refractivity contribution < 1.29 is 14.2 Å². The first-order valence-corrected chi connectivity index (χ1v) is 6.67. The van der Waals surface area contributed by atoms with Gasteiger partial charge in [-0.2, -0.15) is 0 Å². The van der Waals surface area contributed by atoms with Crippen molar-refractivity contribution in [3.8, 4) is 0 Å². The molecule has 0 aliphatic carbocycles. The van der Waals surface area contributed by atoms with E-state index < -0.39 is 5.97 Å². The van der Waals surface area contributed by atoms with Crippen LogP contribution in [0.25, 0.3) is 0 Å². The van der Waals surface area contributed by atoms with Crippen molar-refractivity contribution in [2.75, 3.05) is 46.0 Å². The zero-order valence-electron chi connectivity index (χ0n) is 10.3. The van der Waals surface area contributed by atoms with Crippen LogP contribution in [-0.4, -0.2) is 56.9 Å². The Bertz CT molecular complexity index is 245. The fraction of sp³-hybridized carbons (Fsp3) is 1.00. The summed E-state index contributed by atoms with van der Waals surface area (Å²) in [7, 11) is 0. The number of hydrogen-bond acceptors (Lipinski definition) is 5. The average Bonchev–Trinajstić information content (AvgIpc) is 2.42. The van der Waals surface area contributed by atoms with Crippen LogP contribution in [-0.2, 0) is 14.2 Å². The van der Waals surface area contributed by atoms with Crippen LogP contribution in [0.1, 0.15) is 12.8 Å². The van der Waals surface area contributed by atoms with Crippen molar-refractivity contribution in [1.82, 2.24) is 4.90 Å². The molecule has 0 radical (unpaired) electrons. The molecule has 0 unspecified atom stereocenters. The van der Waals surface area contributed by atoms with E-state index in [-0.39, 0.29) is 0 Å². The molecule has 0 amide bonds. The first kappa shape index (κ1) is 11.9. The highest BCUT2D eigenvalue weighted by atomic mass is 16.9. The van der Waals surface area contributed by atoms with Gasteiger partial charge in [0, 0.05) is 24.9 Å². The lowest BCUT2D eigenvalue weighted by Crippen LogP contribution is -2.59. The number of ether oxygens (including phenoxy) is 3. The van der Waals surface area contributed by atoms with Gasteiger partial charge in [-0.3, -0.25) is 0 Å². The first-order chi connectivity index (χ1) is 8.32. The van der Waals surface area contributed by atoms with Gasteiger partial charge in [0.05, 0.1) is 19.8 Å². The van der Waals surface area contributed by atoms with E-state index in [1.54, 1.807) is 0 Å². The van der Waals surface area contributed by atoms with E-state index >= 15 is 0 Å². The van der Waals surface area contributed by atoms with Crippen molar-refractivity contribution in [3.63, 3.8) is 0 Å². The maximum absolute atomic E-state index is 5.81. The molecule has 0 spiro atoms. The summed E-state index contributed by atoms with van der Waals surface area (Å²) in [5, 5.41) is 0. The molecule has 4 fully saturated rings. The predicted octanol–water partition coefficient (Wildman–Crippen LogP) is 0.00410. The number of nitrogens with two attached hydrogens (primary N) is 1. The Kier molecular flexibility index (Phi) is 3.36. The van der Waals surface area contributed by atoms with Crippen LogP contribution in [0.3, 0.4) is 0 Å². The molecule has 0 aromatic rings. The third-order valence-electron chi connectivity index (χ3n) is 4.09. The minimum Gasteiger partial charge on any atom is -0.329 e. The van der Waals surface area contributed by atoms with E-state index in [1.807, 2.05) is 0 Å². The fourth-order valence-electron chi connectivity index (χ4n) is 3.02. The third kappa shape index (κ3) is 2.22. The highest BCUT2D eigenvalue weighted by Gasteiger charge is 2.50. The maximum Gasteiger partial charge on any atom is 0.286 e. The van der Waals surface area contributed by atoms with Gasteiger partial charge in [0.25, 0.3) is 5.97 Å². The van der Waals surface area contributed by atoms with E-state index in [9.17, 15) is 0 Å². The zero-order valence-corrected chi connectivity index (χ0v) is 10.3. The van der Waals surface area contributed by atoms with Crippen molar-refractivity contribution in [1.29, 1.82) is 0 Å². The Morgan fingerprint density at radius 2 is 1.65 bits per heavy atom. The van der Waals surface area contributed by atoms with Gasteiger partial charge in [-0.1, -0.05) is 0 Å². The summed E-state index contributed by atoms with van der Waals surface area (Å²) in [4.78, 5) is 2.40. The minimum atomic E-state index is -0.719. The van der Waals surface area contributed by atoms with E-state index in [4.69, 9.17) is 19.9 Å². The molecule has 4 rings (SSSR count). The SMILES string of the molecule is NCCN1CCC(C23OCC(CO2)CO3)CC1. The average molecular weight is 242 g/mol. The molecule has 0 atom stereocenters. The second-order valence-corrected chi connectivity index (χ2v) is 5.31. The van der Waals surface area contributed by atoms with Gasteiger partial charge < -0.3 is 24.8 Å². The molecule has 4 saturated heterocycles. The normalized spacial score (nSPS) is 39.7. The predicted molar refractivity (Wildman–Crippen MR) is 62.3 cm³/mol. The number of likely N-dealkylation sites (tertiary alicyclic amines) is 1. The number of fused-ring (bicyclic) bond motifs is 3. The number of rotatable bonds is 3. The Balaban J connectivity index is 1.58. The van der Waals surface area contributed by atoms with Crippen LogP contribution >= 0.6 is 0 Å². The second kappa shape index (κ2) is 4.82. The van der Waals surface area contributed by atoms with Crippen molar-refractivity contribution in [2.24, 2.45) is 17.6 Å². The molecule has 0 aromatic carbocycles. The Morgan fingerprint density at radius 1 is 1.06 bits per heavy atom. The minimum absolute atomic E-state index is 0.373. The molecule has 98 valence electrons. The molecule has 0 saturated carbocycles. The second-order valence-electron chi connectivity index (χ2n) is 5.31. The van der Waals surface area contributed by atoms with Crippen molar-refractivity contribution in [2.45, 2.75) is 18.8 Å². The summed E-state index contributed by atoms with van der Waals surface area (Å²) >= 11 is 0. The van der Waals surface area contributed by atoms with Crippen LogP contribution in [0.15, 0.2) is 0 Å². The fourth-order valence-corrected chi connectivity index (χ4v) is 3.02. The largest absolute Gasteiger partial charge is 0.329 e. The van der Waals surface area contributed by atoms with E-state index in [0.29, 0.717) is 11.8 Å². The molecular weight excluding hydrogens is 220 g/mol. The Morgan fingerprint density at radius 3 is 2.18 bits per heavy atom. The lowest BCUT2D eigenvalue weighted by atomic mass is 9.92. The van der Waals surface area contributed by atoms with Gasteiger partial charge >= 0.3 is 0 Å². The van der Waals surface area contributed by atoms with Crippen LogP contribution < -0.4 is 5.73 Å². The lowest BCUT2D eigenvalue weighted by molar-refractivity contribution is -0.469. The summed E-state index contributed by atoms with van der Waals surface area (Å²) in [5.41, 5.74) is 5.58. The molecular formula is C12H22N2O3.